The molecule has 0 aliphatic carbocycles. The summed E-state index contributed by atoms with van der Waals surface area (Å²) in [5, 5.41) is 4.65. The van der Waals surface area contributed by atoms with Crippen molar-refractivity contribution in [3.8, 4) is 11.3 Å². The van der Waals surface area contributed by atoms with Crippen LogP contribution in [0.2, 0.25) is 0 Å². The molecule has 0 atom stereocenters. The molecular formula is C23H20N4O. The Labute approximate surface area is 163 Å². The summed E-state index contributed by atoms with van der Waals surface area (Å²) >= 11 is 0. The number of aryl methyl sites for hydroxylation is 1. The molecule has 0 bridgehead atoms. The topological polar surface area (TPSA) is 50.5 Å². The standard InChI is InChI=1S/C23H20N4O/c1-16-13-21(23(28)26-12-11-17-7-5-6-10-19(17)15-26)24-22-14-20(25-27(16)22)18-8-3-2-4-9-18/h2-10,13-14H,11-12,15H2,1H3. The highest BCUT2D eigenvalue weighted by atomic mass is 16.2. The Morgan fingerprint density at radius 1 is 0.964 bits per heavy atom. The Morgan fingerprint density at radius 2 is 1.71 bits per heavy atom. The molecule has 2 aromatic carbocycles. The van der Waals surface area contributed by atoms with E-state index in [1.165, 1.54) is 11.1 Å². The summed E-state index contributed by atoms with van der Waals surface area (Å²) in [6.07, 6.45) is 0.883. The van der Waals surface area contributed by atoms with Crippen LogP contribution < -0.4 is 0 Å². The first kappa shape index (κ1) is 16.7. The third-order valence-electron chi connectivity index (χ3n) is 5.31. The lowest BCUT2D eigenvalue weighted by molar-refractivity contribution is 0.0728. The van der Waals surface area contributed by atoms with Crippen molar-refractivity contribution in [3.63, 3.8) is 0 Å². The van der Waals surface area contributed by atoms with Crippen molar-refractivity contribution in [2.75, 3.05) is 6.54 Å². The molecule has 1 amide bonds. The molecule has 3 heterocycles. The Hall–Kier alpha value is -3.47. The van der Waals surface area contributed by atoms with Gasteiger partial charge in [0.15, 0.2) is 5.65 Å². The molecule has 0 N–H and O–H groups in total. The highest BCUT2D eigenvalue weighted by Gasteiger charge is 2.23. The van der Waals surface area contributed by atoms with Gasteiger partial charge in [0.25, 0.3) is 5.91 Å². The third-order valence-corrected chi connectivity index (χ3v) is 5.31. The summed E-state index contributed by atoms with van der Waals surface area (Å²) in [6.45, 7) is 3.31. The van der Waals surface area contributed by atoms with Gasteiger partial charge in [-0.3, -0.25) is 4.79 Å². The van der Waals surface area contributed by atoms with Gasteiger partial charge in [0.2, 0.25) is 0 Å². The summed E-state index contributed by atoms with van der Waals surface area (Å²) in [6, 6.07) is 22.1. The Kier molecular flexibility index (Phi) is 3.93. The van der Waals surface area contributed by atoms with E-state index in [2.05, 4.69) is 28.3 Å². The van der Waals surface area contributed by atoms with Gasteiger partial charge < -0.3 is 4.90 Å². The number of amides is 1. The molecule has 1 aliphatic rings. The molecule has 0 unspecified atom stereocenters. The van der Waals surface area contributed by atoms with E-state index in [1.807, 2.05) is 60.4 Å². The minimum absolute atomic E-state index is 0.0254. The van der Waals surface area contributed by atoms with Crippen LogP contribution in [0, 0.1) is 6.92 Å². The minimum Gasteiger partial charge on any atom is -0.333 e. The van der Waals surface area contributed by atoms with Crippen LogP contribution in [0.25, 0.3) is 16.9 Å². The summed E-state index contributed by atoms with van der Waals surface area (Å²) < 4.78 is 1.80. The van der Waals surface area contributed by atoms with Crippen molar-refractivity contribution in [2.45, 2.75) is 19.9 Å². The monoisotopic (exact) mass is 368 g/mol. The second-order valence-electron chi connectivity index (χ2n) is 7.19. The number of carbonyl (C=O) groups excluding carboxylic acids is 1. The third kappa shape index (κ3) is 2.85. The first-order valence-corrected chi connectivity index (χ1v) is 9.48. The van der Waals surface area contributed by atoms with Crippen LogP contribution in [0.15, 0.2) is 66.7 Å². The van der Waals surface area contributed by atoms with Crippen LogP contribution in [0.5, 0.6) is 0 Å². The van der Waals surface area contributed by atoms with Crippen molar-refractivity contribution >= 4 is 11.6 Å². The largest absolute Gasteiger partial charge is 0.333 e. The summed E-state index contributed by atoms with van der Waals surface area (Å²) in [4.78, 5) is 19.6. The number of nitrogens with zero attached hydrogens (tertiary/aromatic N) is 4. The van der Waals surface area contributed by atoms with Crippen LogP contribution in [-0.2, 0) is 13.0 Å². The molecule has 5 rings (SSSR count). The van der Waals surface area contributed by atoms with E-state index in [-0.39, 0.29) is 5.91 Å². The van der Waals surface area contributed by atoms with Gasteiger partial charge >= 0.3 is 0 Å². The molecule has 28 heavy (non-hydrogen) atoms. The lowest BCUT2D eigenvalue weighted by Crippen LogP contribution is -2.36. The van der Waals surface area contributed by atoms with Gasteiger partial charge in [0, 0.05) is 30.4 Å². The molecule has 0 spiro atoms. The molecule has 5 heteroatoms. The quantitative estimate of drug-likeness (QED) is 0.539. The maximum atomic E-state index is 13.1. The van der Waals surface area contributed by atoms with Crippen LogP contribution in [0.1, 0.15) is 27.3 Å². The van der Waals surface area contributed by atoms with Gasteiger partial charge in [-0.25, -0.2) is 9.50 Å². The fourth-order valence-electron chi connectivity index (χ4n) is 3.82. The van der Waals surface area contributed by atoms with Crippen LogP contribution in [-0.4, -0.2) is 31.9 Å². The van der Waals surface area contributed by atoms with Gasteiger partial charge in [-0.15, -0.1) is 0 Å². The number of benzene rings is 2. The number of carbonyl (C=O) groups is 1. The van der Waals surface area contributed by atoms with Crippen molar-refractivity contribution in [2.24, 2.45) is 0 Å². The first-order valence-electron chi connectivity index (χ1n) is 9.48. The van der Waals surface area contributed by atoms with E-state index >= 15 is 0 Å². The summed E-state index contributed by atoms with van der Waals surface area (Å²) in [5.74, 6) is -0.0254. The second-order valence-corrected chi connectivity index (χ2v) is 7.19. The lowest BCUT2D eigenvalue weighted by Gasteiger charge is -2.28. The van der Waals surface area contributed by atoms with E-state index < -0.39 is 0 Å². The van der Waals surface area contributed by atoms with Crippen LogP contribution >= 0.6 is 0 Å². The molecule has 0 fully saturated rings. The van der Waals surface area contributed by atoms with Crippen molar-refractivity contribution in [1.29, 1.82) is 0 Å². The molecule has 0 saturated carbocycles. The van der Waals surface area contributed by atoms with Gasteiger partial charge in [0.05, 0.1) is 5.69 Å². The van der Waals surface area contributed by atoms with Crippen molar-refractivity contribution in [1.82, 2.24) is 19.5 Å². The molecule has 0 radical (unpaired) electrons. The van der Waals surface area contributed by atoms with Gasteiger partial charge in [-0.1, -0.05) is 54.6 Å². The van der Waals surface area contributed by atoms with E-state index in [0.29, 0.717) is 17.9 Å². The number of aromatic nitrogens is 3. The van der Waals surface area contributed by atoms with Gasteiger partial charge in [-0.2, -0.15) is 5.10 Å². The Balaban J connectivity index is 1.49. The van der Waals surface area contributed by atoms with Gasteiger partial charge in [0.1, 0.15) is 5.69 Å². The maximum Gasteiger partial charge on any atom is 0.272 e. The fourth-order valence-corrected chi connectivity index (χ4v) is 3.82. The molecule has 1 aliphatic heterocycles. The van der Waals surface area contributed by atoms with E-state index in [0.717, 1.165) is 29.9 Å². The number of hydrogen-bond acceptors (Lipinski definition) is 3. The van der Waals surface area contributed by atoms with Gasteiger partial charge in [-0.05, 0) is 30.5 Å². The zero-order valence-corrected chi connectivity index (χ0v) is 15.7. The first-order chi connectivity index (χ1) is 13.7. The maximum absolute atomic E-state index is 13.1. The molecular weight excluding hydrogens is 348 g/mol. The smallest absolute Gasteiger partial charge is 0.272 e. The molecule has 5 nitrogen and oxygen atoms in total. The SMILES string of the molecule is Cc1cc(C(=O)N2CCc3ccccc3C2)nc2cc(-c3ccccc3)nn12. The zero-order valence-electron chi connectivity index (χ0n) is 15.7. The zero-order chi connectivity index (χ0) is 19.1. The molecule has 4 aromatic rings. The summed E-state index contributed by atoms with van der Waals surface area (Å²) in [7, 11) is 0. The van der Waals surface area contributed by atoms with E-state index in [4.69, 9.17) is 0 Å². The fraction of sp³-hybridized carbons (Fsp3) is 0.174. The highest BCUT2D eigenvalue weighted by Crippen LogP contribution is 2.22. The predicted octanol–water partition coefficient (Wildman–Crippen LogP) is 3.90. The van der Waals surface area contributed by atoms with Crippen molar-refractivity contribution in [3.05, 3.63) is 89.2 Å². The highest BCUT2D eigenvalue weighted by molar-refractivity contribution is 5.93. The molecule has 138 valence electrons. The molecule has 0 saturated heterocycles. The normalized spacial score (nSPS) is 13.5. The van der Waals surface area contributed by atoms with E-state index in [1.54, 1.807) is 4.52 Å². The van der Waals surface area contributed by atoms with Crippen LogP contribution in [0.4, 0.5) is 0 Å². The van der Waals surface area contributed by atoms with E-state index in [9.17, 15) is 4.79 Å². The average Bonchev–Trinajstić information content (AvgIpc) is 3.18. The second kappa shape index (κ2) is 6.60. The molecule has 2 aromatic heterocycles. The number of rotatable bonds is 2. The van der Waals surface area contributed by atoms with Crippen molar-refractivity contribution < 1.29 is 4.79 Å². The summed E-state index contributed by atoms with van der Waals surface area (Å²) in [5.41, 5.74) is 6.50. The average molecular weight is 368 g/mol. The van der Waals surface area contributed by atoms with Crippen LogP contribution in [0.3, 0.4) is 0 Å². The Morgan fingerprint density at radius 3 is 2.54 bits per heavy atom. The number of hydrogen-bond donors (Lipinski definition) is 0. The Bertz CT molecular complexity index is 1180. The lowest BCUT2D eigenvalue weighted by atomic mass is 10.00. The predicted molar refractivity (Wildman–Crippen MR) is 108 cm³/mol. The number of fused-ring (bicyclic) bond motifs is 2. The minimum atomic E-state index is -0.0254.